The largest absolute Gasteiger partial charge is 0.344 e. The molecule has 3 fully saturated rings. The Hall–Kier alpha value is -0.900. The van der Waals surface area contributed by atoms with E-state index in [1.807, 2.05) is 12.1 Å². The smallest absolute Gasteiger partial charge is 0.201 e. The Morgan fingerprint density at radius 3 is 2.37 bits per heavy atom. The Morgan fingerprint density at radius 2 is 1.84 bits per heavy atom. The summed E-state index contributed by atoms with van der Waals surface area (Å²) >= 11 is 5.89. The number of carbonyl (C=O) groups is 1. The molecule has 4 rings (SSSR count). The summed E-state index contributed by atoms with van der Waals surface area (Å²) in [4.78, 5) is 12.4. The first-order valence-electron chi connectivity index (χ1n) is 6.67. The van der Waals surface area contributed by atoms with Gasteiger partial charge in [-0.1, -0.05) is 37.1 Å². The normalized spacial score (nSPS) is 33.7. The first-order valence-corrected chi connectivity index (χ1v) is 7.05. The highest BCUT2D eigenvalue weighted by atomic mass is 35.5. The van der Waals surface area contributed by atoms with Gasteiger partial charge in [0.25, 0.3) is 0 Å². The molecule has 1 aromatic rings. The lowest BCUT2D eigenvalue weighted by Crippen LogP contribution is -2.59. The Balaban J connectivity index is 1.90. The minimum Gasteiger partial charge on any atom is -0.344 e. The number of hydrogen-bond acceptors (Lipinski definition) is 3. The number of fused-ring (bicyclic) bond motifs is 3. The number of ketones is 1. The molecule has 3 aliphatic rings. The predicted molar refractivity (Wildman–Crippen MR) is 72.0 cm³/mol. The molecule has 0 aliphatic carbocycles. The van der Waals surface area contributed by atoms with Crippen LogP contribution < -0.4 is 0 Å². The van der Waals surface area contributed by atoms with Crippen molar-refractivity contribution < 1.29 is 14.3 Å². The molecule has 2 bridgehead atoms. The van der Waals surface area contributed by atoms with E-state index in [-0.39, 0.29) is 5.78 Å². The molecular formula is C15H17ClO3. The number of Topliss-reactive ketones (excluding diaryl/α,β-unsaturated/α-hetero) is 1. The van der Waals surface area contributed by atoms with Crippen LogP contribution in [0.4, 0.5) is 0 Å². The third-order valence-corrected chi connectivity index (χ3v) is 4.41. The third-order valence-electron chi connectivity index (χ3n) is 4.16. The summed E-state index contributed by atoms with van der Waals surface area (Å²) in [6.45, 7) is 3.00. The SMILES string of the molecule is CCCC12COC(c3ccc(Cl)cc3)(CC1=O)OC2. The van der Waals surface area contributed by atoms with Gasteiger partial charge in [-0.25, -0.2) is 0 Å². The average molecular weight is 281 g/mol. The average Bonchev–Trinajstić information content (AvgIpc) is 2.42. The second kappa shape index (κ2) is 4.58. The molecule has 102 valence electrons. The molecule has 0 amide bonds. The molecule has 19 heavy (non-hydrogen) atoms. The molecule has 0 spiro atoms. The van der Waals surface area contributed by atoms with Crippen molar-refractivity contribution in [2.24, 2.45) is 5.41 Å². The van der Waals surface area contributed by atoms with Crippen LogP contribution in [0.25, 0.3) is 0 Å². The number of halogens is 1. The highest BCUT2D eigenvalue weighted by Crippen LogP contribution is 2.48. The van der Waals surface area contributed by atoms with Gasteiger partial charge >= 0.3 is 0 Å². The van der Waals surface area contributed by atoms with Gasteiger partial charge in [-0.2, -0.15) is 0 Å². The van der Waals surface area contributed by atoms with Crippen LogP contribution >= 0.6 is 11.6 Å². The topological polar surface area (TPSA) is 35.5 Å². The Morgan fingerprint density at radius 1 is 1.21 bits per heavy atom. The third kappa shape index (κ3) is 2.00. The molecule has 1 aromatic carbocycles. The Labute approximate surface area is 117 Å². The molecule has 0 atom stereocenters. The monoisotopic (exact) mass is 280 g/mol. The number of carbonyl (C=O) groups excluding carboxylic acids is 1. The van der Waals surface area contributed by atoms with E-state index >= 15 is 0 Å². The maximum Gasteiger partial charge on any atom is 0.201 e. The summed E-state index contributed by atoms with van der Waals surface area (Å²) in [7, 11) is 0. The van der Waals surface area contributed by atoms with Crippen molar-refractivity contribution in [3.8, 4) is 0 Å². The summed E-state index contributed by atoms with van der Waals surface area (Å²) in [6.07, 6.45) is 2.10. The molecule has 3 saturated heterocycles. The Bertz CT molecular complexity index is 487. The number of benzene rings is 1. The maximum absolute atomic E-state index is 12.4. The summed E-state index contributed by atoms with van der Waals surface area (Å²) < 4.78 is 11.9. The quantitative estimate of drug-likeness (QED) is 0.852. The van der Waals surface area contributed by atoms with E-state index in [1.54, 1.807) is 12.1 Å². The molecule has 3 nitrogen and oxygen atoms in total. The molecule has 0 radical (unpaired) electrons. The molecule has 3 aliphatic heterocycles. The predicted octanol–water partition coefficient (Wildman–Crippen LogP) is 3.30. The van der Waals surface area contributed by atoms with Crippen molar-refractivity contribution >= 4 is 17.4 Å². The summed E-state index contributed by atoms with van der Waals surface area (Å²) in [5, 5.41) is 0.665. The van der Waals surface area contributed by atoms with E-state index in [2.05, 4.69) is 6.92 Å². The van der Waals surface area contributed by atoms with Crippen LogP contribution in [0.2, 0.25) is 5.02 Å². The van der Waals surface area contributed by atoms with Crippen LogP contribution in [-0.2, 0) is 20.1 Å². The van der Waals surface area contributed by atoms with Gasteiger partial charge in [0.15, 0.2) is 0 Å². The van der Waals surface area contributed by atoms with Gasteiger partial charge in [-0.05, 0) is 18.6 Å². The number of rotatable bonds is 3. The van der Waals surface area contributed by atoms with Crippen molar-refractivity contribution in [3.63, 3.8) is 0 Å². The van der Waals surface area contributed by atoms with Crippen LogP contribution in [0, 0.1) is 5.41 Å². The van der Waals surface area contributed by atoms with E-state index in [1.165, 1.54) is 0 Å². The highest BCUT2D eigenvalue weighted by Gasteiger charge is 2.56. The van der Waals surface area contributed by atoms with Crippen LogP contribution in [0.15, 0.2) is 24.3 Å². The van der Waals surface area contributed by atoms with Crippen molar-refractivity contribution in [2.75, 3.05) is 13.2 Å². The van der Waals surface area contributed by atoms with E-state index in [4.69, 9.17) is 21.1 Å². The van der Waals surface area contributed by atoms with Crippen molar-refractivity contribution in [1.82, 2.24) is 0 Å². The van der Waals surface area contributed by atoms with E-state index in [0.29, 0.717) is 24.7 Å². The van der Waals surface area contributed by atoms with Crippen LogP contribution in [0.1, 0.15) is 31.7 Å². The molecule has 0 unspecified atom stereocenters. The number of ether oxygens (including phenoxy) is 2. The first-order chi connectivity index (χ1) is 9.10. The number of hydrogen-bond donors (Lipinski definition) is 0. The minimum absolute atomic E-state index is 0.266. The van der Waals surface area contributed by atoms with Gasteiger partial charge in [-0.3, -0.25) is 4.79 Å². The molecule has 3 heterocycles. The zero-order chi connectivity index (χ0) is 13.5. The zero-order valence-electron chi connectivity index (χ0n) is 10.9. The fraction of sp³-hybridized carbons (Fsp3) is 0.533. The first kappa shape index (κ1) is 13.1. The standard InChI is InChI=1S/C15H17ClO3/c1-2-7-14-9-18-15(19-10-14,8-13(14)17)11-3-5-12(16)6-4-11/h3-6H,2,7-10H2,1H3. The van der Waals surface area contributed by atoms with Crippen LogP contribution in [0.5, 0.6) is 0 Å². The molecule has 0 N–H and O–H groups in total. The fourth-order valence-corrected chi connectivity index (χ4v) is 3.12. The van der Waals surface area contributed by atoms with E-state index < -0.39 is 11.2 Å². The maximum atomic E-state index is 12.4. The van der Waals surface area contributed by atoms with Crippen LogP contribution in [-0.4, -0.2) is 19.0 Å². The van der Waals surface area contributed by atoms with Gasteiger partial charge in [-0.15, -0.1) is 0 Å². The van der Waals surface area contributed by atoms with Crippen LogP contribution in [0.3, 0.4) is 0 Å². The summed E-state index contributed by atoms with van der Waals surface area (Å²) in [5.41, 5.74) is 0.457. The Kier molecular flexibility index (Phi) is 3.16. The second-order valence-electron chi connectivity index (χ2n) is 5.47. The van der Waals surface area contributed by atoms with Crippen molar-refractivity contribution in [2.45, 2.75) is 32.0 Å². The minimum atomic E-state index is -0.892. The lowest BCUT2D eigenvalue weighted by molar-refractivity contribution is -0.329. The molecule has 4 heteroatoms. The highest BCUT2D eigenvalue weighted by molar-refractivity contribution is 6.30. The second-order valence-corrected chi connectivity index (χ2v) is 5.90. The zero-order valence-corrected chi connectivity index (χ0v) is 11.7. The van der Waals surface area contributed by atoms with E-state index in [0.717, 1.165) is 18.4 Å². The van der Waals surface area contributed by atoms with E-state index in [9.17, 15) is 4.79 Å². The van der Waals surface area contributed by atoms with Gasteiger partial charge in [0.2, 0.25) is 5.79 Å². The van der Waals surface area contributed by atoms with Gasteiger partial charge in [0, 0.05) is 10.6 Å². The van der Waals surface area contributed by atoms with Gasteiger partial charge in [0.05, 0.1) is 25.0 Å². The lowest BCUT2D eigenvalue weighted by atomic mass is 9.73. The fourth-order valence-electron chi connectivity index (χ4n) is 2.99. The molecular weight excluding hydrogens is 264 g/mol. The van der Waals surface area contributed by atoms with Crippen molar-refractivity contribution in [1.29, 1.82) is 0 Å². The molecule has 0 aromatic heterocycles. The van der Waals surface area contributed by atoms with Crippen molar-refractivity contribution in [3.05, 3.63) is 34.9 Å². The van der Waals surface area contributed by atoms with Gasteiger partial charge < -0.3 is 9.47 Å². The lowest BCUT2D eigenvalue weighted by Gasteiger charge is -2.51. The summed E-state index contributed by atoms with van der Waals surface area (Å²) in [5.74, 6) is -0.626. The summed E-state index contributed by atoms with van der Waals surface area (Å²) in [6, 6.07) is 7.33. The van der Waals surface area contributed by atoms with Gasteiger partial charge in [0.1, 0.15) is 5.78 Å². The molecule has 0 saturated carbocycles.